The quantitative estimate of drug-likeness (QED) is 0.404. The molecule has 0 saturated heterocycles. The van der Waals surface area contributed by atoms with E-state index in [4.69, 9.17) is 0 Å². The summed E-state index contributed by atoms with van der Waals surface area (Å²) in [7, 11) is 0. The fourth-order valence-electron chi connectivity index (χ4n) is 0.236. The molecule has 0 aromatic carbocycles. The lowest BCUT2D eigenvalue weighted by atomic mass is 10.6. The van der Waals surface area contributed by atoms with E-state index in [2.05, 4.69) is 24.7 Å². The Balaban J connectivity index is 3.02. The van der Waals surface area contributed by atoms with Crippen molar-refractivity contribution in [3.63, 3.8) is 0 Å². The standard InChI is InChI=1S/C7H10S/c1-3-5-7-8-6-4-2/h3H,1,4,6H2,2H3. The highest BCUT2D eigenvalue weighted by Gasteiger charge is 1.73. The molecular weight excluding hydrogens is 116 g/mol. The highest BCUT2D eigenvalue weighted by Crippen LogP contribution is 1.96. The lowest BCUT2D eigenvalue weighted by molar-refractivity contribution is 1.11. The van der Waals surface area contributed by atoms with Crippen molar-refractivity contribution in [3.05, 3.63) is 12.7 Å². The predicted molar refractivity (Wildman–Crippen MR) is 40.7 cm³/mol. The van der Waals surface area contributed by atoms with Gasteiger partial charge in [0.1, 0.15) is 0 Å². The molecule has 8 heavy (non-hydrogen) atoms. The van der Waals surface area contributed by atoms with Crippen molar-refractivity contribution in [2.24, 2.45) is 0 Å². The van der Waals surface area contributed by atoms with Gasteiger partial charge in [0.2, 0.25) is 0 Å². The lowest BCUT2D eigenvalue weighted by Crippen LogP contribution is -1.65. The molecule has 0 nitrogen and oxygen atoms in total. The Bertz CT molecular complexity index is 105. The molecule has 1 heteroatoms. The summed E-state index contributed by atoms with van der Waals surface area (Å²) in [5.41, 5.74) is 0. The Morgan fingerprint density at radius 2 is 2.50 bits per heavy atom. The zero-order valence-corrected chi connectivity index (χ0v) is 5.92. The first-order valence-corrected chi connectivity index (χ1v) is 3.63. The van der Waals surface area contributed by atoms with Crippen LogP contribution in [0.5, 0.6) is 0 Å². The van der Waals surface area contributed by atoms with E-state index in [-0.39, 0.29) is 0 Å². The summed E-state index contributed by atoms with van der Waals surface area (Å²) in [4.78, 5) is 0. The SMILES string of the molecule is C=CC#CSCCC. The van der Waals surface area contributed by atoms with Crippen LogP contribution in [0, 0.1) is 11.2 Å². The van der Waals surface area contributed by atoms with Crippen LogP contribution in [0.1, 0.15) is 13.3 Å². The molecule has 0 saturated carbocycles. The molecule has 0 aliphatic heterocycles. The van der Waals surface area contributed by atoms with E-state index < -0.39 is 0 Å². The monoisotopic (exact) mass is 126 g/mol. The molecule has 0 unspecified atom stereocenters. The predicted octanol–water partition coefficient (Wildman–Crippen LogP) is 2.28. The smallest absolute Gasteiger partial charge is 0.00541 e. The minimum Gasteiger partial charge on any atom is -0.0906 e. The second-order valence-electron chi connectivity index (χ2n) is 1.30. The Kier molecular flexibility index (Phi) is 6.36. The van der Waals surface area contributed by atoms with Gasteiger partial charge in [-0.15, -0.1) is 0 Å². The van der Waals surface area contributed by atoms with Crippen LogP contribution in [0.2, 0.25) is 0 Å². The fraction of sp³-hybridized carbons (Fsp3) is 0.429. The van der Waals surface area contributed by atoms with Crippen molar-refractivity contribution >= 4 is 11.8 Å². The van der Waals surface area contributed by atoms with Gasteiger partial charge in [0.05, 0.1) is 0 Å². The summed E-state index contributed by atoms with van der Waals surface area (Å²) < 4.78 is 0. The van der Waals surface area contributed by atoms with Gasteiger partial charge >= 0.3 is 0 Å². The number of allylic oxidation sites excluding steroid dienone is 1. The van der Waals surface area contributed by atoms with Crippen LogP contribution >= 0.6 is 11.8 Å². The number of thioether (sulfide) groups is 1. The number of rotatable bonds is 2. The average Bonchev–Trinajstić information content (AvgIpc) is 1.81. The normalized spacial score (nSPS) is 7.12. The zero-order valence-electron chi connectivity index (χ0n) is 5.11. The molecule has 0 atom stereocenters. The van der Waals surface area contributed by atoms with Gasteiger partial charge < -0.3 is 0 Å². The van der Waals surface area contributed by atoms with Gasteiger partial charge in [-0.3, -0.25) is 0 Å². The first kappa shape index (κ1) is 7.65. The van der Waals surface area contributed by atoms with Crippen molar-refractivity contribution in [2.45, 2.75) is 13.3 Å². The van der Waals surface area contributed by atoms with Crippen LogP contribution in [0.25, 0.3) is 0 Å². The summed E-state index contributed by atoms with van der Waals surface area (Å²) in [6.45, 7) is 5.61. The van der Waals surface area contributed by atoms with Gasteiger partial charge in [-0.25, -0.2) is 0 Å². The van der Waals surface area contributed by atoms with E-state index in [0.717, 1.165) is 5.75 Å². The van der Waals surface area contributed by atoms with Crippen LogP contribution < -0.4 is 0 Å². The third kappa shape index (κ3) is 5.65. The summed E-state index contributed by atoms with van der Waals surface area (Å²) >= 11 is 1.65. The number of hydrogen-bond donors (Lipinski definition) is 0. The highest BCUT2D eigenvalue weighted by molar-refractivity contribution is 8.03. The molecule has 44 valence electrons. The molecule has 0 rings (SSSR count). The maximum Gasteiger partial charge on any atom is 0.00541 e. The minimum absolute atomic E-state index is 1.13. The van der Waals surface area contributed by atoms with Crippen molar-refractivity contribution < 1.29 is 0 Å². The van der Waals surface area contributed by atoms with E-state index in [9.17, 15) is 0 Å². The number of hydrogen-bond acceptors (Lipinski definition) is 1. The van der Waals surface area contributed by atoms with E-state index >= 15 is 0 Å². The van der Waals surface area contributed by atoms with Crippen molar-refractivity contribution in [3.8, 4) is 11.2 Å². The van der Waals surface area contributed by atoms with E-state index in [1.165, 1.54) is 6.42 Å². The molecule has 0 heterocycles. The molecule has 0 aromatic heterocycles. The molecule has 0 amide bonds. The molecular formula is C7H10S. The third-order valence-electron chi connectivity index (χ3n) is 0.539. The Labute approximate surface area is 55.4 Å². The summed E-state index contributed by atoms with van der Waals surface area (Å²) in [5.74, 6) is 3.89. The first-order valence-electron chi connectivity index (χ1n) is 2.65. The summed E-state index contributed by atoms with van der Waals surface area (Å²) in [5, 5.41) is 2.88. The van der Waals surface area contributed by atoms with Crippen LogP contribution in [-0.2, 0) is 0 Å². The molecule has 0 fully saturated rings. The second-order valence-corrected chi connectivity index (χ2v) is 2.20. The highest BCUT2D eigenvalue weighted by atomic mass is 32.2. The summed E-state index contributed by atoms with van der Waals surface area (Å²) in [6.07, 6.45) is 2.80. The lowest BCUT2D eigenvalue weighted by Gasteiger charge is -1.80. The first-order chi connectivity index (χ1) is 3.91. The van der Waals surface area contributed by atoms with Gasteiger partial charge in [0, 0.05) is 5.75 Å². The molecule has 0 radical (unpaired) electrons. The molecule has 0 bridgehead atoms. The van der Waals surface area contributed by atoms with Crippen molar-refractivity contribution in [2.75, 3.05) is 5.75 Å². The van der Waals surface area contributed by atoms with E-state index in [1.807, 2.05) is 0 Å². The Hall–Kier alpha value is -0.350. The fourth-order valence-corrected chi connectivity index (χ4v) is 0.709. The Morgan fingerprint density at radius 3 is 3.00 bits per heavy atom. The van der Waals surface area contributed by atoms with Gasteiger partial charge in [-0.1, -0.05) is 31.2 Å². The second kappa shape index (κ2) is 6.65. The van der Waals surface area contributed by atoms with Gasteiger partial charge in [0.25, 0.3) is 0 Å². The van der Waals surface area contributed by atoms with Crippen LogP contribution in [0.3, 0.4) is 0 Å². The van der Waals surface area contributed by atoms with Crippen LogP contribution in [0.15, 0.2) is 12.7 Å². The van der Waals surface area contributed by atoms with Crippen LogP contribution in [-0.4, -0.2) is 5.75 Å². The van der Waals surface area contributed by atoms with Crippen molar-refractivity contribution in [1.82, 2.24) is 0 Å². The van der Waals surface area contributed by atoms with Gasteiger partial charge in [-0.05, 0) is 17.7 Å². The maximum atomic E-state index is 3.47. The molecule has 0 aliphatic rings. The molecule has 0 N–H and O–H groups in total. The van der Waals surface area contributed by atoms with Gasteiger partial charge in [-0.2, -0.15) is 0 Å². The maximum absolute atomic E-state index is 3.47. The van der Waals surface area contributed by atoms with Gasteiger partial charge in [0.15, 0.2) is 0 Å². The third-order valence-corrected chi connectivity index (χ3v) is 1.41. The summed E-state index contributed by atoms with van der Waals surface area (Å²) in [6, 6.07) is 0. The largest absolute Gasteiger partial charge is 0.0906 e. The van der Waals surface area contributed by atoms with E-state index in [0.29, 0.717) is 0 Å². The zero-order chi connectivity index (χ0) is 6.24. The van der Waals surface area contributed by atoms with Crippen LogP contribution in [0.4, 0.5) is 0 Å². The van der Waals surface area contributed by atoms with E-state index in [1.54, 1.807) is 17.8 Å². The Morgan fingerprint density at radius 1 is 1.75 bits per heavy atom. The molecule has 0 aliphatic carbocycles. The molecule has 0 spiro atoms. The molecule has 0 aromatic rings. The van der Waals surface area contributed by atoms with Crippen molar-refractivity contribution in [1.29, 1.82) is 0 Å². The average molecular weight is 126 g/mol. The minimum atomic E-state index is 1.13. The topological polar surface area (TPSA) is 0 Å².